The molecule has 102 valence electrons. The van der Waals surface area contributed by atoms with Crippen molar-refractivity contribution >= 4 is 50.5 Å². The molecule has 1 N–H and O–H groups in total. The van der Waals surface area contributed by atoms with Crippen LogP contribution in [0, 0.1) is 0 Å². The van der Waals surface area contributed by atoms with E-state index in [1.807, 2.05) is 18.2 Å². The minimum absolute atomic E-state index is 0.0856. The molecule has 0 bridgehead atoms. The van der Waals surface area contributed by atoms with Crippen molar-refractivity contribution in [2.24, 2.45) is 0 Å². The van der Waals surface area contributed by atoms with Crippen LogP contribution in [0.15, 0.2) is 34.1 Å². The summed E-state index contributed by atoms with van der Waals surface area (Å²) in [6.07, 6.45) is 1.07. The number of halogens is 3. The summed E-state index contributed by atoms with van der Waals surface area (Å²) in [6, 6.07) is 7.98. The highest BCUT2D eigenvalue weighted by Gasteiger charge is 2.19. The van der Waals surface area contributed by atoms with Crippen molar-refractivity contribution < 1.29 is 0 Å². The van der Waals surface area contributed by atoms with Crippen molar-refractivity contribution in [2.45, 2.75) is 19.4 Å². The van der Waals surface area contributed by atoms with E-state index in [1.54, 1.807) is 11.3 Å². The van der Waals surface area contributed by atoms with Crippen LogP contribution in [0.25, 0.3) is 0 Å². The van der Waals surface area contributed by atoms with E-state index in [9.17, 15) is 0 Å². The third-order valence-corrected chi connectivity index (χ3v) is 5.36. The van der Waals surface area contributed by atoms with Crippen LogP contribution in [0.3, 0.4) is 0 Å². The largest absolute Gasteiger partial charge is 0.306 e. The first-order chi connectivity index (χ1) is 9.13. The summed E-state index contributed by atoms with van der Waals surface area (Å²) in [5.74, 6) is 0. The predicted octanol–water partition coefficient (Wildman–Crippen LogP) is 5.91. The molecule has 0 aliphatic carbocycles. The van der Waals surface area contributed by atoms with Crippen LogP contribution in [0.2, 0.25) is 10.0 Å². The summed E-state index contributed by atoms with van der Waals surface area (Å²) in [6.45, 7) is 3.08. The molecule has 5 heteroatoms. The molecule has 0 aliphatic rings. The molecule has 1 heterocycles. The fourth-order valence-corrected chi connectivity index (χ4v) is 3.83. The van der Waals surface area contributed by atoms with E-state index < -0.39 is 0 Å². The van der Waals surface area contributed by atoms with Gasteiger partial charge in [-0.2, -0.15) is 0 Å². The zero-order valence-electron chi connectivity index (χ0n) is 10.4. The Balaban J connectivity index is 2.39. The summed E-state index contributed by atoms with van der Waals surface area (Å²) in [5, 5.41) is 6.83. The van der Waals surface area contributed by atoms with E-state index >= 15 is 0 Å². The second-order valence-electron chi connectivity index (χ2n) is 4.20. The van der Waals surface area contributed by atoms with E-state index in [1.165, 1.54) is 4.88 Å². The zero-order chi connectivity index (χ0) is 13.8. The van der Waals surface area contributed by atoms with Crippen LogP contribution >= 0.6 is 50.5 Å². The molecule has 0 saturated heterocycles. The zero-order valence-corrected chi connectivity index (χ0v) is 14.3. The lowest BCUT2D eigenvalue weighted by atomic mass is 10.1. The molecule has 2 aromatic rings. The van der Waals surface area contributed by atoms with Gasteiger partial charge in [0.1, 0.15) is 0 Å². The lowest BCUT2D eigenvalue weighted by molar-refractivity contribution is 0.606. The molecule has 0 amide bonds. The first-order valence-electron chi connectivity index (χ1n) is 6.04. The first-order valence-corrected chi connectivity index (χ1v) is 8.47. The second-order valence-corrected chi connectivity index (χ2v) is 6.84. The van der Waals surface area contributed by atoms with Gasteiger partial charge in [-0.3, -0.25) is 0 Å². The molecular formula is C14H14BrCl2NS. The maximum atomic E-state index is 6.34. The minimum Gasteiger partial charge on any atom is -0.306 e. The van der Waals surface area contributed by atoms with Crippen LogP contribution in [-0.2, 0) is 0 Å². The molecule has 1 unspecified atom stereocenters. The normalized spacial score (nSPS) is 12.6. The fraction of sp³-hybridized carbons (Fsp3) is 0.286. The van der Waals surface area contributed by atoms with Gasteiger partial charge in [-0.15, -0.1) is 11.3 Å². The summed E-state index contributed by atoms with van der Waals surface area (Å²) >= 11 is 17.7. The van der Waals surface area contributed by atoms with Gasteiger partial charge in [0.2, 0.25) is 0 Å². The maximum Gasteiger partial charge on any atom is 0.0686 e. The van der Waals surface area contributed by atoms with Gasteiger partial charge in [0.25, 0.3) is 0 Å². The van der Waals surface area contributed by atoms with Gasteiger partial charge in [0.05, 0.1) is 16.1 Å². The average molecular weight is 379 g/mol. The smallest absolute Gasteiger partial charge is 0.0686 e. The molecule has 1 atom stereocenters. The van der Waals surface area contributed by atoms with Gasteiger partial charge in [0, 0.05) is 14.7 Å². The Hall–Kier alpha value is -0.0600. The van der Waals surface area contributed by atoms with Crippen LogP contribution in [0.1, 0.15) is 29.8 Å². The van der Waals surface area contributed by atoms with Crippen LogP contribution in [0.4, 0.5) is 0 Å². The Bertz CT molecular complexity index is 556. The van der Waals surface area contributed by atoms with E-state index in [2.05, 4.69) is 39.6 Å². The Morgan fingerprint density at radius 1 is 1.37 bits per heavy atom. The number of hydrogen-bond acceptors (Lipinski definition) is 2. The number of rotatable bonds is 5. The van der Waals surface area contributed by atoms with Gasteiger partial charge < -0.3 is 5.32 Å². The van der Waals surface area contributed by atoms with Gasteiger partial charge in [-0.1, -0.05) is 42.3 Å². The molecule has 0 fully saturated rings. The Kier molecular flexibility index (Phi) is 5.72. The lowest BCUT2D eigenvalue weighted by Crippen LogP contribution is -2.22. The maximum absolute atomic E-state index is 6.34. The number of nitrogens with one attached hydrogen (secondary N) is 1. The van der Waals surface area contributed by atoms with E-state index in [0.29, 0.717) is 10.0 Å². The molecule has 2 rings (SSSR count). The summed E-state index contributed by atoms with van der Waals surface area (Å²) in [5.41, 5.74) is 1.02. The summed E-state index contributed by atoms with van der Waals surface area (Å²) in [4.78, 5) is 1.23. The molecule has 1 aromatic carbocycles. The predicted molar refractivity (Wildman–Crippen MR) is 88.6 cm³/mol. The number of benzene rings is 1. The minimum atomic E-state index is 0.0856. The van der Waals surface area contributed by atoms with Crippen LogP contribution in [0.5, 0.6) is 0 Å². The van der Waals surface area contributed by atoms with Crippen molar-refractivity contribution in [3.05, 3.63) is 54.6 Å². The number of thiophene rings is 1. The molecular weight excluding hydrogens is 365 g/mol. The van der Waals surface area contributed by atoms with Crippen molar-refractivity contribution in [1.82, 2.24) is 5.32 Å². The highest BCUT2D eigenvalue weighted by atomic mass is 79.9. The van der Waals surface area contributed by atoms with E-state index in [-0.39, 0.29) is 6.04 Å². The Labute approximate surface area is 136 Å². The molecule has 0 radical (unpaired) electrons. The topological polar surface area (TPSA) is 12.0 Å². The highest BCUT2D eigenvalue weighted by Crippen LogP contribution is 2.36. The third-order valence-electron chi connectivity index (χ3n) is 2.76. The first kappa shape index (κ1) is 15.3. The highest BCUT2D eigenvalue weighted by molar-refractivity contribution is 9.10. The molecule has 1 aromatic heterocycles. The third kappa shape index (κ3) is 3.73. The fourth-order valence-electron chi connectivity index (χ4n) is 1.88. The standard InChI is InChI=1S/C14H14BrCl2NS/c1-2-6-18-14(12-7-9(15)8-19-12)10-4-3-5-11(16)13(10)17/h3-5,7-8,14,18H,2,6H2,1H3. The molecule has 19 heavy (non-hydrogen) atoms. The SMILES string of the molecule is CCCNC(c1cc(Br)cs1)c1cccc(Cl)c1Cl. The number of hydrogen-bond donors (Lipinski definition) is 1. The van der Waals surface area contributed by atoms with Gasteiger partial charge in [-0.25, -0.2) is 0 Å². The van der Waals surface area contributed by atoms with Crippen molar-refractivity contribution in [3.8, 4) is 0 Å². The molecule has 0 aliphatic heterocycles. The molecule has 0 spiro atoms. The monoisotopic (exact) mass is 377 g/mol. The van der Waals surface area contributed by atoms with Gasteiger partial charge in [-0.05, 0) is 46.6 Å². The lowest BCUT2D eigenvalue weighted by Gasteiger charge is -2.19. The summed E-state index contributed by atoms with van der Waals surface area (Å²) < 4.78 is 1.09. The quantitative estimate of drug-likeness (QED) is 0.682. The van der Waals surface area contributed by atoms with Crippen molar-refractivity contribution in [3.63, 3.8) is 0 Å². The van der Waals surface area contributed by atoms with Crippen LogP contribution in [-0.4, -0.2) is 6.54 Å². The van der Waals surface area contributed by atoms with Crippen molar-refractivity contribution in [2.75, 3.05) is 6.54 Å². The Morgan fingerprint density at radius 2 is 2.16 bits per heavy atom. The summed E-state index contributed by atoms with van der Waals surface area (Å²) in [7, 11) is 0. The Morgan fingerprint density at radius 3 is 2.79 bits per heavy atom. The molecule has 0 saturated carbocycles. The average Bonchev–Trinajstić information content (AvgIpc) is 2.81. The van der Waals surface area contributed by atoms with E-state index in [4.69, 9.17) is 23.2 Å². The second kappa shape index (κ2) is 7.09. The van der Waals surface area contributed by atoms with Gasteiger partial charge >= 0.3 is 0 Å². The molecule has 1 nitrogen and oxygen atoms in total. The van der Waals surface area contributed by atoms with Crippen LogP contribution < -0.4 is 5.32 Å². The van der Waals surface area contributed by atoms with E-state index in [0.717, 1.165) is 23.0 Å². The van der Waals surface area contributed by atoms with Gasteiger partial charge in [0.15, 0.2) is 0 Å². The van der Waals surface area contributed by atoms with Crippen molar-refractivity contribution in [1.29, 1.82) is 0 Å².